The lowest BCUT2D eigenvalue weighted by molar-refractivity contribution is -0.121. The van der Waals surface area contributed by atoms with E-state index in [1.54, 1.807) is 0 Å². The Morgan fingerprint density at radius 3 is 2.28 bits per heavy atom. The van der Waals surface area contributed by atoms with E-state index in [9.17, 15) is 9.59 Å². The van der Waals surface area contributed by atoms with E-state index in [2.05, 4.69) is 73.8 Å². The van der Waals surface area contributed by atoms with Crippen molar-refractivity contribution in [1.29, 1.82) is 0 Å². The van der Waals surface area contributed by atoms with Gasteiger partial charge in [0.05, 0.1) is 12.5 Å². The molecule has 1 unspecified atom stereocenters. The molecule has 0 radical (unpaired) electrons. The van der Waals surface area contributed by atoms with Crippen LogP contribution in [-0.2, 0) is 17.8 Å². The van der Waals surface area contributed by atoms with Gasteiger partial charge in [0.2, 0.25) is 5.91 Å². The first-order chi connectivity index (χ1) is 19.1. The summed E-state index contributed by atoms with van der Waals surface area (Å²) in [5.74, 6) is -0.159. The van der Waals surface area contributed by atoms with Gasteiger partial charge in [0.15, 0.2) is 0 Å². The number of carbonyl (C=O) groups is 2. The molecule has 39 heavy (non-hydrogen) atoms. The summed E-state index contributed by atoms with van der Waals surface area (Å²) in [5.41, 5.74) is 10.9. The Bertz CT molecular complexity index is 1550. The van der Waals surface area contributed by atoms with Gasteiger partial charge in [-0.2, -0.15) is 0 Å². The molecule has 2 aliphatic rings. The number of nitrogens with one attached hydrogen (secondary N) is 1. The Morgan fingerprint density at radius 2 is 1.54 bits per heavy atom. The monoisotopic (exact) mass is 514 g/mol. The maximum atomic E-state index is 13.6. The van der Waals surface area contributed by atoms with Crippen molar-refractivity contribution in [3.8, 4) is 22.3 Å². The van der Waals surface area contributed by atoms with Crippen LogP contribution in [0.3, 0.4) is 0 Å². The van der Waals surface area contributed by atoms with Crippen LogP contribution in [0.5, 0.6) is 0 Å². The third kappa shape index (κ3) is 4.34. The fourth-order valence-electron chi connectivity index (χ4n) is 6.18. The van der Waals surface area contributed by atoms with E-state index in [1.807, 2.05) is 35.2 Å². The number of fused-ring (bicyclic) bond motifs is 4. The predicted octanol–water partition coefficient (Wildman–Crippen LogP) is 7.50. The van der Waals surface area contributed by atoms with Gasteiger partial charge in [-0.15, -0.1) is 0 Å². The molecule has 4 aromatic carbocycles. The van der Waals surface area contributed by atoms with Gasteiger partial charge in [-0.1, -0.05) is 87.0 Å². The molecule has 1 aliphatic heterocycles. The van der Waals surface area contributed by atoms with Crippen molar-refractivity contribution in [2.45, 2.75) is 52.0 Å². The van der Waals surface area contributed by atoms with Crippen molar-refractivity contribution < 1.29 is 9.59 Å². The summed E-state index contributed by atoms with van der Waals surface area (Å²) in [6, 6.07) is 28.9. The zero-order valence-electron chi connectivity index (χ0n) is 22.7. The fraction of sp³-hybridized carbons (Fsp3) is 0.257. The summed E-state index contributed by atoms with van der Waals surface area (Å²) >= 11 is 0. The summed E-state index contributed by atoms with van der Waals surface area (Å²) in [6.07, 6.45) is 3.97. The van der Waals surface area contributed by atoms with Crippen molar-refractivity contribution in [3.05, 3.63) is 113 Å². The molecule has 4 nitrogen and oxygen atoms in total. The van der Waals surface area contributed by atoms with E-state index in [4.69, 9.17) is 0 Å². The molecular formula is C35H34N2O2. The first-order valence-corrected chi connectivity index (χ1v) is 14.1. The van der Waals surface area contributed by atoms with Gasteiger partial charge in [-0.05, 0) is 82.0 Å². The van der Waals surface area contributed by atoms with Crippen LogP contribution in [0.4, 0.5) is 5.69 Å². The second-order valence-electron chi connectivity index (χ2n) is 10.6. The number of benzene rings is 4. The lowest BCUT2D eigenvalue weighted by Gasteiger charge is -2.21. The van der Waals surface area contributed by atoms with Crippen LogP contribution in [-0.4, -0.2) is 18.4 Å². The molecule has 0 saturated heterocycles. The summed E-state index contributed by atoms with van der Waals surface area (Å²) in [4.78, 5) is 28.4. The van der Waals surface area contributed by atoms with Gasteiger partial charge < -0.3 is 10.2 Å². The number of amides is 2. The van der Waals surface area contributed by atoms with E-state index < -0.39 is 0 Å². The second kappa shape index (κ2) is 10.5. The average Bonchev–Trinajstić information content (AvgIpc) is 3.50. The van der Waals surface area contributed by atoms with E-state index >= 15 is 0 Å². The molecule has 4 aromatic rings. The third-order valence-electron chi connectivity index (χ3n) is 8.11. The second-order valence-corrected chi connectivity index (χ2v) is 10.6. The summed E-state index contributed by atoms with van der Waals surface area (Å²) in [6.45, 7) is 5.57. The number of carbonyl (C=O) groups excluding carboxylic acids is 2. The van der Waals surface area contributed by atoms with Crippen LogP contribution in [0.15, 0.2) is 84.9 Å². The van der Waals surface area contributed by atoms with Crippen LogP contribution in [0.2, 0.25) is 0 Å². The number of hydrogen-bond acceptors (Lipinski definition) is 2. The zero-order chi connectivity index (χ0) is 26.9. The van der Waals surface area contributed by atoms with Crippen LogP contribution in [0.1, 0.15) is 71.6 Å². The Hall–Kier alpha value is -4.18. The minimum atomic E-state index is -0.297. The van der Waals surface area contributed by atoms with Crippen molar-refractivity contribution in [2.75, 3.05) is 11.4 Å². The van der Waals surface area contributed by atoms with E-state index in [0.717, 1.165) is 64.8 Å². The minimum absolute atomic E-state index is 0.0539. The Labute approximate surface area is 230 Å². The van der Waals surface area contributed by atoms with Crippen LogP contribution in [0.25, 0.3) is 22.3 Å². The largest absolute Gasteiger partial charge is 0.355 e. The van der Waals surface area contributed by atoms with E-state index in [1.165, 1.54) is 16.7 Å². The molecule has 1 atom stereocenters. The third-order valence-corrected chi connectivity index (χ3v) is 8.11. The maximum absolute atomic E-state index is 13.6. The minimum Gasteiger partial charge on any atom is -0.355 e. The molecule has 196 valence electrons. The fourth-order valence-corrected chi connectivity index (χ4v) is 6.18. The molecule has 0 saturated carbocycles. The normalized spacial score (nSPS) is 15.2. The molecule has 1 heterocycles. The summed E-state index contributed by atoms with van der Waals surface area (Å²) in [5, 5.41) is 3.17. The Kier molecular flexibility index (Phi) is 6.78. The van der Waals surface area contributed by atoms with Gasteiger partial charge in [0.1, 0.15) is 0 Å². The average molecular weight is 515 g/mol. The van der Waals surface area contributed by atoms with Crippen molar-refractivity contribution in [2.24, 2.45) is 0 Å². The predicted molar refractivity (Wildman–Crippen MR) is 158 cm³/mol. The van der Waals surface area contributed by atoms with Gasteiger partial charge in [0.25, 0.3) is 5.91 Å². The molecule has 2 amide bonds. The highest BCUT2D eigenvalue weighted by atomic mass is 16.2. The van der Waals surface area contributed by atoms with Crippen molar-refractivity contribution >= 4 is 17.5 Å². The summed E-state index contributed by atoms with van der Waals surface area (Å²) < 4.78 is 0. The first-order valence-electron chi connectivity index (χ1n) is 14.1. The molecule has 0 spiro atoms. The molecule has 1 N–H and O–H groups in total. The molecule has 0 fully saturated rings. The SMILES string of the molecule is CCCCc1c(-c2ccc(N3Cc4ccccc4C3=O)cc2)ccc2c1C(C(=O)NCCC)c1ccccc1-2. The van der Waals surface area contributed by atoms with Crippen molar-refractivity contribution in [3.63, 3.8) is 0 Å². The lowest BCUT2D eigenvalue weighted by Crippen LogP contribution is -2.30. The van der Waals surface area contributed by atoms with Gasteiger partial charge in [0, 0.05) is 17.8 Å². The van der Waals surface area contributed by atoms with Gasteiger partial charge in [-0.25, -0.2) is 0 Å². The smallest absolute Gasteiger partial charge is 0.258 e. The van der Waals surface area contributed by atoms with E-state index in [0.29, 0.717) is 13.1 Å². The topological polar surface area (TPSA) is 49.4 Å². The van der Waals surface area contributed by atoms with Crippen LogP contribution < -0.4 is 10.2 Å². The molecule has 0 aromatic heterocycles. The number of anilines is 1. The van der Waals surface area contributed by atoms with Crippen molar-refractivity contribution in [1.82, 2.24) is 5.32 Å². The molecule has 4 heteroatoms. The number of rotatable bonds is 8. The van der Waals surface area contributed by atoms with Crippen LogP contribution in [0, 0.1) is 0 Å². The number of hydrogen-bond donors (Lipinski definition) is 1. The molecule has 6 rings (SSSR count). The summed E-state index contributed by atoms with van der Waals surface area (Å²) in [7, 11) is 0. The number of nitrogens with zero attached hydrogens (tertiary/aromatic N) is 1. The number of unbranched alkanes of at least 4 members (excludes halogenated alkanes) is 1. The van der Waals surface area contributed by atoms with Gasteiger partial charge in [-0.3, -0.25) is 9.59 Å². The molecular weight excluding hydrogens is 480 g/mol. The quantitative estimate of drug-likeness (QED) is 0.265. The first kappa shape index (κ1) is 25.1. The molecule has 0 bridgehead atoms. The van der Waals surface area contributed by atoms with Gasteiger partial charge >= 0.3 is 0 Å². The lowest BCUT2D eigenvalue weighted by atomic mass is 9.85. The van der Waals surface area contributed by atoms with E-state index in [-0.39, 0.29) is 17.7 Å². The Morgan fingerprint density at radius 1 is 0.821 bits per heavy atom. The Balaban J connectivity index is 1.41. The van der Waals surface area contributed by atoms with Crippen LogP contribution >= 0.6 is 0 Å². The highest BCUT2D eigenvalue weighted by Gasteiger charge is 2.36. The molecule has 1 aliphatic carbocycles. The highest BCUT2D eigenvalue weighted by Crippen LogP contribution is 2.49. The highest BCUT2D eigenvalue weighted by molar-refractivity contribution is 6.10. The maximum Gasteiger partial charge on any atom is 0.258 e. The zero-order valence-corrected chi connectivity index (χ0v) is 22.7. The standard InChI is InChI=1S/C35H34N2O2/c1-3-5-11-29-26(23-15-17-25(18-16-23)37-22-24-10-6-7-12-27(24)35(37)39)19-20-31-28-13-8-9-14-30(28)33(32(29)31)34(38)36-21-4-2/h6-10,12-20,33H,3-5,11,21-22H2,1-2H3,(H,36,38).